The van der Waals surface area contributed by atoms with E-state index in [-0.39, 0.29) is 73.5 Å². The van der Waals surface area contributed by atoms with E-state index in [9.17, 15) is 9.59 Å². The van der Waals surface area contributed by atoms with Crippen molar-refractivity contribution in [1.29, 1.82) is 0 Å². The van der Waals surface area contributed by atoms with Gasteiger partial charge in [0.25, 0.3) is 0 Å². The Labute approximate surface area is 185 Å². The van der Waals surface area contributed by atoms with Crippen LogP contribution in [0.4, 0.5) is 0 Å². The number of nitrogens with zero attached hydrogens (tertiary/aromatic N) is 1. The molecule has 1 N–H and O–H groups in total. The molecule has 0 spiro atoms. The number of rotatable bonds is 5. The number of benzene rings is 1. The van der Waals surface area contributed by atoms with Gasteiger partial charge in [0.15, 0.2) is 5.12 Å². The van der Waals surface area contributed by atoms with E-state index in [0.29, 0.717) is 16.3 Å². The van der Waals surface area contributed by atoms with Crippen molar-refractivity contribution in [3.63, 3.8) is 0 Å². The van der Waals surface area contributed by atoms with Gasteiger partial charge in [-0.1, -0.05) is 11.6 Å². The zero-order chi connectivity index (χ0) is 16.1. The zero-order valence-electron chi connectivity index (χ0n) is 11.6. The number of carbonyl (C=O) groups is 2. The van der Waals surface area contributed by atoms with Gasteiger partial charge in [-0.05, 0) is 47.7 Å². The van der Waals surface area contributed by atoms with Gasteiger partial charge < -0.3 is 9.84 Å². The predicted octanol–water partition coefficient (Wildman–Crippen LogP) is 2.65. The SMILES string of the molecule is COc1ccc(Cl)c(CC(=O)Sc2ncccc2C(=O)O)c1.[KH]. The third-order valence-electron chi connectivity index (χ3n) is 2.80. The number of carboxylic acid groups (broad SMARTS) is 1. The average Bonchev–Trinajstić information content (AvgIpc) is 2.49. The Balaban J connectivity index is 0.00000264. The molecule has 5 nitrogen and oxygen atoms in total. The zero-order valence-corrected chi connectivity index (χ0v) is 13.1. The number of pyridine rings is 1. The first kappa shape index (κ1) is 20.6. The number of ether oxygens (including phenoxy) is 1. The Morgan fingerprint density at radius 3 is 2.74 bits per heavy atom. The first-order valence-electron chi connectivity index (χ1n) is 6.22. The fourth-order valence-electron chi connectivity index (χ4n) is 1.75. The molecule has 1 aromatic carbocycles. The van der Waals surface area contributed by atoms with Gasteiger partial charge in [0.05, 0.1) is 12.7 Å². The van der Waals surface area contributed by atoms with Crippen molar-refractivity contribution in [3.8, 4) is 5.75 Å². The average molecular weight is 378 g/mol. The van der Waals surface area contributed by atoms with Crippen LogP contribution in [0, 0.1) is 0 Å². The summed E-state index contributed by atoms with van der Waals surface area (Å²) >= 11 is 6.84. The molecule has 1 heterocycles. The summed E-state index contributed by atoms with van der Waals surface area (Å²) in [4.78, 5) is 27.2. The van der Waals surface area contributed by atoms with Crippen molar-refractivity contribution in [2.45, 2.75) is 11.4 Å². The number of hydrogen-bond acceptors (Lipinski definition) is 5. The van der Waals surface area contributed by atoms with Gasteiger partial charge in [-0.25, -0.2) is 9.78 Å². The quantitative estimate of drug-likeness (QED) is 0.637. The second-order valence-electron chi connectivity index (χ2n) is 4.27. The van der Waals surface area contributed by atoms with E-state index in [2.05, 4.69) is 4.98 Å². The summed E-state index contributed by atoms with van der Waals surface area (Å²) in [5.41, 5.74) is 0.615. The number of methoxy groups -OCH3 is 1. The van der Waals surface area contributed by atoms with Crippen molar-refractivity contribution in [2.24, 2.45) is 0 Å². The maximum atomic E-state index is 12.1. The molecule has 0 radical (unpaired) electrons. The molecule has 0 aliphatic carbocycles. The van der Waals surface area contributed by atoms with Gasteiger partial charge in [-0.2, -0.15) is 0 Å². The summed E-state index contributed by atoms with van der Waals surface area (Å²) in [6, 6.07) is 7.94. The maximum absolute atomic E-state index is 12.1. The molecular formula is C15H13ClKNO4S. The van der Waals surface area contributed by atoms with Gasteiger partial charge in [-0.3, -0.25) is 4.79 Å². The number of hydrogen-bond donors (Lipinski definition) is 1. The van der Waals surface area contributed by atoms with Crippen molar-refractivity contribution in [1.82, 2.24) is 4.98 Å². The van der Waals surface area contributed by atoms with Crippen LogP contribution in [0.2, 0.25) is 5.02 Å². The predicted molar refractivity (Wildman–Crippen MR) is 90.9 cm³/mol. The monoisotopic (exact) mass is 377 g/mol. The van der Waals surface area contributed by atoms with Crippen LogP contribution in [0.15, 0.2) is 41.6 Å². The molecular weight excluding hydrogens is 365 g/mol. The molecule has 2 aromatic rings. The Morgan fingerprint density at radius 1 is 1.35 bits per heavy atom. The number of halogens is 1. The first-order valence-corrected chi connectivity index (χ1v) is 7.42. The minimum absolute atomic E-state index is 0. The third kappa shape index (κ3) is 5.86. The molecule has 0 amide bonds. The van der Waals surface area contributed by atoms with Crippen LogP contribution in [-0.2, 0) is 11.2 Å². The van der Waals surface area contributed by atoms with E-state index in [0.717, 1.165) is 11.8 Å². The number of aromatic nitrogens is 1. The first-order chi connectivity index (χ1) is 10.5. The molecule has 0 bridgehead atoms. The van der Waals surface area contributed by atoms with E-state index < -0.39 is 5.97 Å². The second-order valence-corrected chi connectivity index (χ2v) is 5.72. The summed E-state index contributed by atoms with van der Waals surface area (Å²) in [5, 5.41) is 9.44. The van der Waals surface area contributed by atoms with Crippen molar-refractivity contribution >= 4 is 85.8 Å². The van der Waals surface area contributed by atoms with Gasteiger partial charge in [0, 0.05) is 17.6 Å². The molecule has 0 saturated heterocycles. The van der Waals surface area contributed by atoms with E-state index in [1.807, 2.05) is 0 Å². The van der Waals surface area contributed by atoms with Crippen LogP contribution in [0.25, 0.3) is 0 Å². The standard InChI is InChI=1S/C15H12ClNO4S.K.H/c1-21-10-4-5-12(16)9(7-10)8-13(18)22-14-11(15(19)20)3-2-6-17-14;;/h2-7H,8H2,1H3,(H,19,20);;. The van der Waals surface area contributed by atoms with E-state index in [1.165, 1.54) is 25.4 Å². The topological polar surface area (TPSA) is 76.5 Å². The van der Waals surface area contributed by atoms with Crippen LogP contribution >= 0.6 is 23.4 Å². The Morgan fingerprint density at radius 2 is 2.09 bits per heavy atom. The Hall–Kier alpha value is -0.414. The third-order valence-corrected chi connectivity index (χ3v) is 4.06. The molecule has 1 aromatic heterocycles. The molecule has 8 heteroatoms. The molecule has 23 heavy (non-hydrogen) atoms. The number of thioether (sulfide) groups is 1. The molecule has 0 aliphatic rings. The molecule has 2 rings (SSSR count). The summed E-state index contributed by atoms with van der Waals surface area (Å²) in [7, 11) is 1.52. The van der Waals surface area contributed by atoms with Crippen molar-refractivity contribution in [2.75, 3.05) is 7.11 Å². The van der Waals surface area contributed by atoms with E-state index in [4.69, 9.17) is 21.4 Å². The van der Waals surface area contributed by atoms with Crippen LogP contribution in [-0.4, -0.2) is 79.7 Å². The number of aromatic carboxylic acids is 1. The van der Waals surface area contributed by atoms with Gasteiger partial charge in [0.2, 0.25) is 0 Å². The van der Waals surface area contributed by atoms with E-state index in [1.54, 1.807) is 18.2 Å². The summed E-state index contributed by atoms with van der Waals surface area (Å²) in [5.74, 6) is -0.524. The fourth-order valence-corrected chi connectivity index (χ4v) is 2.75. The van der Waals surface area contributed by atoms with Gasteiger partial charge in [-0.15, -0.1) is 0 Å². The van der Waals surface area contributed by atoms with Gasteiger partial charge >= 0.3 is 57.4 Å². The van der Waals surface area contributed by atoms with Crippen LogP contribution in [0.1, 0.15) is 15.9 Å². The second kappa shape index (κ2) is 9.78. The van der Waals surface area contributed by atoms with Crippen molar-refractivity contribution in [3.05, 3.63) is 52.7 Å². The minimum atomic E-state index is -1.12. The molecule has 0 aliphatic heterocycles. The molecule has 116 valence electrons. The summed E-state index contributed by atoms with van der Waals surface area (Å²) in [6.45, 7) is 0. The Kier molecular flexibility index (Phi) is 8.77. The number of carbonyl (C=O) groups excluding carboxylic acids is 1. The summed E-state index contributed by atoms with van der Waals surface area (Å²) < 4.78 is 5.09. The molecule has 0 unspecified atom stereocenters. The normalized spacial score (nSPS) is 9.83. The summed E-state index contributed by atoms with van der Waals surface area (Å²) in [6.07, 6.45) is 1.50. The molecule has 0 atom stereocenters. The van der Waals surface area contributed by atoms with E-state index >= 15 is 0 Å². The van der Waals surface area contributed by atoms with Crippen LogP contribution in [0.3, 0.4) is 0 Å². The Bertz CT molecular complexity index is 726. The fraction of sp³-hybridized carbons (Fsp3) is 0.133. The van der Waals surface area contributed by atoms with Gasteiger partial charge in [0.1, 0.15) is 10.8 Å². The molecule has 0 fully saturated rings. The van der Waals surface area contributed by atoms with Crippen LogP contribution < -0.4 is 4.74 Å². The van der Waals surface area contributed by atoms with Crippen LogP contribution in [0.5, 0.6) is 5.75 Å². The number of carboxylic acids is 1. The van der Waals surface area contributed by atoms with Crippen molar-refractivity contribution < 1.29 is 19.4 Å². The molecule has 0 saturated carbocycles.